The minimum atomic E-state index is -0.535. The van der Waals surface area contributed by atoms with Crippen LogP contribution in [0.15, 0.2) is 66.9 Å². The lowest BCUT2D eigenvalue weighted by Crippen LogP contribution is -2.17. The van der Waals surface area contributed by atoms with E-state index in [-0.39, 0.29) is 16.9 Å². The number of aromatic nitrogens is 1. The van der Waals surface area contributed by atoms with Crippen LogP contribution in [0.1, 0.15) is 26.4 Å². The van der Waals surface area contributed by atoms with Crippen LogP contribution in [0.2, 0.25) is 0 Å². The van der Waals surface area contributed by atoms with Gasteiger partial charge in [0.1, 0.15) is 11.5 Å². The van der Waals surface area contributed by atoms with Crippen LogP contribution in [0.25, 0.3) is 0 Å². The number of aryl methyl sites for hydroxylation is 1. The summed E-state index contributed by atoms with van der Waals surface area (Å²) in [6.45, 7) is 1.95. The third kappa shape index (κ3) is 4.10. The molecule has 0 saturated heterocycles. The Morgan fingerprint density at radius 2 is 1.65 bits per heavy atom. The third-order valence-electron chi connectivity index (χ3n) is 3.69. The monoisotopic (exact) mass is 349 g/mol. The number of pyridine rings is 1. The van der Waals surface area contributed by atoms with Crippen molar-refractivity contribution < 1.29 is 14.0 Å². The summed E-state index contributed by atoms with van der Waals surface area (Å²) >= 11 is 0. The largest absolute Gasteiger partial charge is 0.321 e. The van der Waals surface area contributed by atoms with E-state index in [0.29, 0.717) is 5.69 Å². The molecular formula is C20H16FN3O2. The standard InChI is InChI=1S/C20H16FN3O2/c1-13-6-8-15(9-7-13)23-20(26)18-12-14(10-11-22-18)19(25)24-17-5-3-2-4-16(17)21/h2-12H,1H3,(H,23,26)(H,24,25). The van der Waals surface area contributed by atoms with E-state index in [1.54, 1.807) is 18.2 Å². The van der Waals surface area contributed by atoms with E-state index in [9.17, 15) is 14.0 Å². The molecule has 0 bridgehead atoms. The molecule has 0 aliphatic carbocycles. The maximum atomic E-state index is 13.7. The first kappa shape index (κ1) is 17.3. The minimum Gasteiger partial charge on any atom is -0.321 e. The summed E-state index contributed by atoms with van der Waals surface area (Å²) in [7, 11) is 0. The number of para-hydroxylation sites is 1. The van der Waals surface area contributed by atoms with E-state index in [1.165, 1.54) is 36.5 Å². The third-order valence-corrected chi connectivity index (χ3v) is 3.69. The zero-order valence-corrected chi connectivity index (χ0v) is 14.0. The molecule has 26 heavy (non-hydrogen) atoms. The summed E-state index contributed by atoms with van der Waals surface area (Å²) < 4.78 is 13.7. The highest BCUT2D eigenvalue weighted by molar-refractivity contribution is 6.07. The second-order valence-electron chi connectivity index (χ2n) is 5.68. The molecule has 0 atom stereocenters. The highest BCUT2D eigenvalue weighted by Crippen LogP contribution is 2.15. The van der Waals surface area contributed by atoms with Crippen molar-refractivity contribution in [1.82, 2.24) is 4.98 Å². The number of nitrogens with zero attached hydrogens (tertiary/aromatic N) is 1. The molecule has 0 unspecified atom stereocenters. The predicted molar refractivity (Wildman–Crippen MR) is 97.7 cm³/mol. The lowest BCUT2D eigenvalue weighted by molar-refractivity contribution is 0.102. The van der Waals surface area contributed by atoms with Gasteiger partial charge in [-0.15, -0.1) is 0 Å². The molecule has 3 rings (SSSR count). The van der Waals surface area contributed by atoms with Crippen molar-refractivity contribution in [2.75, 3.05) is 10.6 Å². The molecule has 0 spiro atoms. The van der Waals surface area contributed by atoms with Crippen molar-refractivity contribution in [3.63, 3.8) is 0 Å². The molecule has 0 radical (unpaired) electrons. The predicted octanol–water partition coefficient (Wildman–Crippen LogP) is 4.03. The number of carbonyl (C=O) groups excluding carboxylic acids is 2. The Hall–Kier alpha value is -3.54. The van der Waals surface area contributed by atoms with Crippen molar-refractivity contribution in [3.8, 4) is 0 Å². The van der Waals surface area contributed by atoms with E-state index in [2.05, 4.69) is 15.6 Å². The Bertz CT molecular complexity index is 955. The second kappa shape index (κ2) is 7.57. The number of benzene rings is 2. The second-order valence-corrected chi connectivity index (χ2v) is 5.68. The first-order chi connectivity index (χ1) is 12.5. The highest BCUT2D eigenvalue weighted by atomic mass is 19.1. The summed E-state index contributed by atoms with van der Waals surface area (Å²) in [6, 6.07) is 16.0. The van der Waals surface area contributed by atoms with Crippen LogP contribution in [-0.2, 0) is 0 Å². The summed E-state index contributed by atoms with van der Waals surface area (Å²) in [5.74, 6) is -1.50. The lowest BCUT2D eigenvalue weighted by Gasteiger charge is -2.08. The fraction of sp³-hybridized carbons (Fsp3) is 0.0500. The van der Waals surface area contributed by atoms with Crippen LogP contribution in [0, 0.1) is 12.7 Å². The Balaban J connectivity index is 1.75. The number of carbonyl (C=O) groups is 2. The number of hydrogen-bond donors (Lipinski definition) is 2. The van der Waals surface area contributed by atoms with Gasteiger partial charge in [0.15, 0.2) is 0 Å². The molecular weight excluding hydrogens is 333 g/mol. The summed E-state index contributed by atoms with van der Waals surface area (Å²) in [6.07, 6.45) is 1.36. The van der Waals surface area contributed by atoms with Crippen LogP contribution >= 0.6 is 0 Å². The van der Waals surface area contributed by atoms with E-state index >= 15 is 0 Å². The fourth-order valence-electron chi connectivity index (χ4n) is 2.29. The molecule has 3 aromatic rings. The molecule has 6 heteroatoms. The van der Waals surface area contributed by atoms with Gasteiger partial charge in [-0.2, -0.15) is 0 Å². The topological polar surface area (TPSA) is 71.1 Å². The van der Waals surface area contributed by atoms with Gasteiger partial charge in [-0.25, -0.2) is 4.39 Å². The van der Waals surface area contributed by atoms with E-state index in [1.807, 2.05) is 19.1 Å². The number of rotatable bonds is 4. The van der Waals surface area contributed by atoms with Gasteiger partial charge in [-0.3, -0.25) is 14.6 Å². The molecule has 0 aliphatic heterocycles. The maximum Gasteiger partial charge on any atom is 0.274 e. The Kier molecular flexibility index (Phi) is 5.03. The van der Waals surface area contributed by atoms with Gasteiger partial charge in [-0.05, 0) is 43.3 Å². The van der Waals surface area contributed by atoms with Gasteiger partial charge < -0.3 is 10.6 Å². The maximum absolute atomic E-state index is 13.7. The number of halogens is 1. The zero-order valence-electron chi connectivity index (χ0n) is 14.0. The van der Waals surface area contributed by atoms with Crippen LogP contribution < -0.4 is 10.6 Å². The normalized spacial score (nSPS) is 10.2. The van der Waals surface area contributed by atoms with Crippen molar-refractivity contribution in [3.05, 3.63) is 89.5 Å². The van der Waals surface area contributed by atoms with Crippen molar-refractivity contribution in [1.29, 1.82) is 0 Å². The van der Waals surface area contributed by atoms with Gasteiger partial charge in [0.05, 0.1) is 5.69 Å². The van der Waals surface area contributed by atoms with Gasteiger partial charge in [-0.1, -0.05) is 29.8 Å². The summed E-state index contributed by atoms with van der Waals surface area (Å²) in [5.41, 5.74) is 2.07. The van der Waals surface area contributed by atoms with Crippen LogP contribution in [0.4, 0.5) is 15.8 Å². The molecule has 130 valence electrons. The zero-order chi connectivity index (χ0) is 18.5. The Labute approximate surface area is 149 Å². The van der Waals surface area contributed by atoms with Crippen LogP contribution in [-0.4, -0.2) is 16.8 Å². The molecule has 1 heterocycles. The first-order valence-electron chi connectivity index (χ1n) is 7.93. The number of amides is 2. The summed E-state index contributed by atoms with van der Waals surface area (Å²) in [4.78, 5) is 28.6. The number of hydrogen-bond acceptors (Lipinski definition) is 3. The molecule has 1 aromatic heterocycles. The minimum absolute atomic E-state index is 0.0694. The van der Waals surface area contributed by atoms with Crippen LogP contribution in [0.3, 0.4) is 0 Å². The molecule has 2 N–H and O–H groups in total. The first-order valence-corrected chi connectivity index (χ1v) is 7.93. The quantitative estimate of drug-likeness (QED) is 0.747. The molecule has 0 saturated carbocycles. The van der Waals surface area contributed by atoms with Crippen molar-refractivity contribution in [2.24, 2.45) is 0 Å². The molecule has 0 fully saturated rings. The van der Waals surface area contributed by atoms with E-state index < -0.39 is 17.6 Å². The SMILES string of the molecule is Cc1ccc(NC(=O)c2cc(C(=O)Nc3ccccc3F)ccn2)cc1. The smallest absolute Gasteiger partial charge is 0.274 e. The summed E-state index contributed by atoms with van der Waals surface area (Å²) in [5, 5.41) is 5.19. The van der Waals surface area contributed by atoms with Crippen LogP contribution in [0.5, 0.6) is 0 Å². The van der Waals surface area contributed by atoms with Crippen molar-refractivity contribution in [2.45, 2.75) is 6.92 Å². The highest BCUT2D eigenvalue weighted by Gasteiger charge is 2.13. The average molecular weight is 349 g/mol. The molecule has 5 nitrogen and oxygen atoms in total. The van der Waals surface area contributed by atoms with Crippen molar-refractivity contribution >= 4 is 23.2 Å². The average Bonchev–Trinajstić information content (AvgIpc) is 2.65. The van der Waals surface area contributed by atoms with Gasteiger partial charge in [0, 0.05) is 17.4 Å². The number of anilines is 2. The lowest BCUT2D eigenvalue weighted by atomic mass is 10.2. The molecule has 2 aromatic carbocycles. The Morgan fingerprint density at radius 1 is 0.923 bits per heavy atom. The number of nitrogens with one attached hydrogen (secondary N) is 2. The van der Waals surface area contributed by atoms with Gasteiger partial charge >= 0.3 is 0 Å². The van der Waals surface area contributed by atoms with Gasteiger partial charge in [0.25, 0.3) is 11.8 Å². The van der Waals surface area contributed by atoms with E-state index in [0.717, 1.165) is 5.56 Å². The fourth-order valence-corrected chi connectivity index (χ4v) is 2.29. The Morgan fingerprint density at radius 3 is 2.38 bits per heavy atom. The van der Waals surface area contributed by atoms with Gasteiger partial charge in [0.2, 0.25) is 0 Å². The molecule has 2 amide bonds. The van der Waals surface area contributed by atoms with E-state index in [4.69, 9.17) is 0 Å². The molecule has 0 aliphatic rings.